The average molecular weight is 247 g/mol. The molecule has 0 radical (unpaired) electrons. The van der Waals surface area contributed by atoms with E-state index in [0.717, 1.165) is 25.7 Å². The topological polar surface area (TPSA) is 66.6 Å². The third-order valence-electron chi connectivity index (χ3n) is 3.57. The fourth-order valence-electron chi connectivity index (χ4n) is 2.24. The van der Waals surface area contributed by atoms with Crippen LogP contribution in [0.1, 0.15) is 25.7 Å². The van der Waals surface area contributed by atoms with Crippen LogP contribution in [0.4, 0.5) is 0 Å². The third-order valence-corrected chi connectivity index (χ3v) is 5.58. The number of piperidine rings is 1. The summed E-state index contributed by atoms with van der Waals surface area (Å²) in [7, 11) is -1.54. The van der Waals surface area contributed by atoms with Gasteiger partial charge in [-0.15, -0.1) is 0 Å². The molecule has 1 heterocycles. The Kier molecular flexibility index (Phi) is 3.53. The molecule has 2 rings (SSSR count). The molecule has 1 atom stereocenters. The molecule has 6 heteroatoms. The lowest BCUT2D eigenvalue weighted by Gasteiger charge is -2.34. The van der Waals surface area contributed by atoms with Gasteiger partial charge >= 0.3 is 0 Å². The van der Waals surface area contributed by atoms with Crippen LogP contribution in [-0.4, -0.2) is 49.8 Å². The fraction of sp³-hybridized carbons (Fsp3) is 1.00. The summed E-state index contributed by atoms with van der Waals surface area (Å²) in [5.41, 5.74) is 5.62. The summed E-state index contributed by atoms with van der Waals surface area (Å²) in [4.78, 5) is 0. The van der Waals surface area contributed by atoms with E-state index < -0.39 is 10.2 Å². The largest absolute Gasteiger partial charge is 0.330 e. The maximum Gasteiger partial charge on any atom is 0.281 e. The van der Waals surface area contributed by atoms with Gasteiger partial charge in [0.05, 0.1) is 0 Å². The molecule has 0 aromatic carbocycles. The van der Waals surface area contributed by atoms with Gasteiger partial charge in [0.2, 0.25) is 0 Å². The van der Waals surface area contributed by atoms with Crippen LogP contribution in [0, 0.1) is 5.92 Å². The minimum atomic E-state index is -3.23. The predicted molar refractivity (Wildman–Crippen MR) is 63.1 cm³/mol. The van der Waals surface area contributed by atoms with Crippen LogP contribution in [0.5, 0.6) is 0 Å². The first kappa shape index (κ1) is 12.3. The van der Waals surface area contributed by atoms with Gasteiger partial charge < -0.3 is 5.73 Å². The Morgan fingerprint density at radius 1 is 1.38 bits per heavy atom. The highest BCUT2D eigenvalue weighted by molar-refractivity contribution is 7.86. The SMILES string of the molecule is CN(C1CC1)S(=O)(=O)N1CCCC(CN)C1. The third kappa shape index (κ3) is 2.40. The lowest BCUT2D eigenvalue weighted by atomic mass is 10.0. The van der Waals surface area contributed by atoms with E-state index in [2.05, 4.69) is 0 Å². The molecule has 0 spiro atoms. The molecule has 0 aromatic rings. The number of hydrogen-bond donors (Lipinski definition) is 1. The highest BCUT2D eigenvalue weighted by atomic mass is 32.2. The normalized spacial score (nSPS) is 28.6. The molecule has 0 amide bonds. The van der Waals surface area contributed by atoms with Gasteiger partial charge in [-0.2, -0.15) is 17.0 Å². The Balaban J connectivity index is 2.04. The van der Waals surface area contributed by atoms with Crippen LogP contribution in [0.25, 0.3) is 0 Å². The minimum Gasteiger partial charge on any atom is -0.330 e. The maximum absolute atomic E-state index is 12.2. The molecular formula is C10H21N3O2S. The van der Waals surface area contributed by atoms with Crippen molar-refractivity contribution >= 4 is 10.2 Å². The van der Waals surface area contributed by atoms with E-state index in [-0.39, 0.29) is 6.04 Å². The summed E-state index contributed by atoms with van der Waals surface area (Å²) in [6.45, 7) is 1.82. The van der Waals surface area contributed by atoms with Crippen molar-refractivity contribution in [2.45, 2.75) is 31.7 Å². The fourth-order valence-corrected chi connectivity index (χ4v) is 3.95. The van der Waals surface area contributed by atoms with Crippen molar-refractivity contribution in [3.63, 3.8) is 0 Å². The standard InChI is InChI=1S/C10H21N3O2S/c1-12(10-4-5-10)16(14,15)13-6-2-3-9(7-11)8-13/h9-10H,2-8,11H2,1H3. The van der Waals surface area contributed by atoms with Crippen molar-refractivity contribution in [3.8, 4) is 0 Å². The number of hydrogen-bond acceptors (Lipinski definition) is 3. The summed E-state index contributed by atoms with van der Waals surface area (Å²) >= 11 is 0. The lowest BCUT2D eigenvalue weighted by molar-refractivity contribution is 0.254. The molecule has 0 bridgehead atoms. The molecule has 1 aliphatic heterocycles. The quantitative estimate of drug-likeness (QED) is 0.760. The Labute approximate surface area is 97.8 Å². The van der Waals surface area contributed by atoms with Crippen molar-refractivity contribution < 1.29 is 8.42 Å². The molecule has 1 aliphatic carbocycles. The molecule has 2 fully saturated rings. The second-order valence-corrected chi connectivity index (χ2v) is 6.85. The second-order valence-electron chi connectivity index (χ2n) is 4.86. The van der Waals surface area contributed by atoms with Crippen molar-refractivity contribution in [1.82, 2.24) is 8.61 Å². The van der Waals surface area contributed by atoms with Gasteiger partial charge in [0.1, 0.15) is 0 Å². The zero-order valence-corrected chi connectivity index (χ0v) is 10.6. The lowest BCUT2D eigenvalue weighted by Crippen LogP contribution is -2.48. The zero-order chi connectivity index (χ0) is 11.8. The van der Waals surface area contributed by atoms with Crippen LogP contribution < -0.4 is 5.73 Å². The first-order valence-corrected chi connectivity index (χ1v) is 7.38. The van der Waals surface area contributed by atoms with E-state index >= 15 is 0 Å². The Bertz CT molecular complexity index is 340. The highest BCUT2D eigenvalue weighted by Crippen LogP contribution is 2.30. The summed E-state index contributed by atoms with van der Waals surface area (Å²) in [5, 5.41) is 0. The van der Waals surface area contributed by atoms with Crippen LogP contribution >= 0.6 is 0 Å². The van der Waals surface area contributed by atoms with E-state index in [0.29, 0.717) is 25.6 Å². The summed E-state index contributed by atoms with van der Waals surface area (Å²) < 4.78 is 27.6. The molecule has 1 saturated carbocycles. The van der Waals surface area contributed by atoms with Crippen molar-refractivity contribution in [3.05, 3.63) is 0 Å². The molecule has 2 aliphatic rings. The second kappa shape index (κ2) is 4.60. The Hall–Kier alpha value is -0.170. The first-order chi connectivity index (χ1) is 7.55. The van der Waals surface area contributed by atoms with Crippen molar-refractivity contribution in [2.24, 2.45) is 11.7 Å². The van der Waals surface area contributed by atoms with E-state index in [9.17, 15) is 8.42 Å². The zero-order valence-electron chi connectivity index (χ0n) is 9.80. The summed E-state index contributed by atoms with van der Waals surface area (Å²) in [6.07, 6.45) is 3.99. The van der Waals surface area contributed by atoms with Gasteiger partial charge in [0, 0.05) is 26.2 Å². The van der Waals surface area contributed by atoms with E-state index in [1.807, 2.05) is 0 Å². The van der Waals surface area contributed by atoms with Gasteiger partial charge in [0.15, 0.2) is 0 Å². The maximum atomic E-state index is 12.2. The van der Waals surface area contributed by atoms with Crippen molar-refractivity contribution in [2.75, 3.05) is 26.7 Å². The van der Waals surface area contributed by atoms with Gasteiger partial charge in [-0.1, -0.05) is 0 Å². The predicted octanol–water partition coefficient (Wildman–Crippen LogP) is -0.00390. The minimum absolute atomic E-state index is 0.239. The van der Waals surface area contributed by atoms with Crippen LogP contribution in [0.2, 0.25) is 0 Å². The molecule has 16 heavy (non-hydrogen) atoms. The van der Waals surface area contributed by atoms with E-state index in [1.165, 1.54) is 4.31 Å². The summed E-state index contributed by atoms with van der Waals surface area (Å²) in [5.74, 6) is 0.330. The Morgan fingerprint density at radius 3 is 2.62 bits per heavy atom. The van der Waals surface area contributed by atoms with E-state index in [1.54, 1.807) is 11.4 Å². The van der Waals surface area contributed by atoms with Gasteiger partial charge in [0.25, 0.3) is 10.2 Å². The van der Waals surface area contributed by atoms with Gasteiger partial charge in [-0.05, 0) is 38.1 Å². The van der Waals surface area contributed by atoms with Crippen LogP contribution in [0.3, 0.4) is 0 Å². The van der Waals surface area contributed by atoms with Gasteiger partial charge in [-0.3, -0.25) is 0 Å². The average Bonchev–Trinajstić information content (AvgIpc) is 3.12. The molecule has 1 unspecified atom stereocenters. The number of nitrogens with zero attached hydrogens (tertiary/aromatic N) is 2. The first-order valence-electron chi connectivity index (χ1n) is 5.99. The molecule has 1 saturated heterocycles. The van der Waals surface area contributed by atoms with Crippen LogP contribution in [0.15, 0.2) is 0 Å². The summed E-state index contributed by atoms with van der Waals surface area (Å²) in [6, 6.07) is 0.239. The Morgan fingerprint density at radius 2 is 2.06 bits per heavy atom. The number of nitrogens with two attached hydrogens (primary N) is 1. The van der Waals surface area contributed by atoms with Gasteiger partial charge in [-0.25, -0.2) is 0 Å². The smallest absolute Gasteiger partial charge is 0.281 e. The highest BCUT2D eigenvalue weighted by Gasteiger charge is 2.38. The monoisotopic (exact) mass is 247 g/mol. The molecule has 94 valence electrons. The van der Waals surface area contributed by atoms with Crippen molar-refractivity contribution in [1.29, 1.82) is 0 Å². The molecule has 2 N–H and O–H groups in total. The van der Waals surface area contributed by atoms with E-state index in [4.69, 9.17) is 5.73 Å². The molecular weight excluding hydrogens is 226 g/mol. The number of rotatable bonds is 4. The molecule has 0 aromatic heterocycles. The van der Waals surface area contributed by atoms with Crippen LogP contribution in [-0.2, 0) is 10.2 Å². The molecule has 5 nitrogen and oxygen atoms in total.